The lowest BCUT2D eigenvalue weighted by molar-refractivity contribution is -0.384. The third kappa shape index (κ3) is 2.41. The fourth-order valence-corrected chi connectivity index (χ4v) is 1.86. The van der Waals surface area contributed by atoms with E-state index < -0.39 is 16.6 Å². The Hall–Kier alpha value is -2.96. The molecule has 0 fully saturated rings. The van der Waals surface area contributed by atoms with Gasteiger partial charge in [0.25, 0.3) is 0 Å². The molecule has 0 saturated heterocycles. The molecule has 0 atom stereocenters. The Morgan fingerprint density at radius 1 is 1.35 bits per heavy atom. The van der Waals surface area contributed by atoms with Crippen molar-refractivity contribution in [1.82, 2.24) is 4.98 Å². The number of carboxylic acids is 1. The molecule has 0 unspecified atom stereocenters. The fraction of sp³-hybridized carbons (Fsp3) is 0.0769. The lowest BCUT2D eigenvalue weighted by atomic mass is 10.1. The maximum Gasteiger partial charge on any atom is 0.342 e. The monoisotopic (exact) mass is 273 g/mol. The normalized spacial score (nSPS) is 10.1. The van der Waals surface area contributed by atoms with Gasteiger partial charge in [0.2, 0.25) is 0 Å². The van der Waals surface area contributed by atoms with Crippen molar-refractivity contribution in [3.63, 3.8) is 0 Å². The summed E-state index contributed by atoms with van der Waals surface area (Å²) in [5.41, 5.74) is 0.0376. The maximum atomic E-state index is 11.2. The Morgan fingerprint density at radius 3 is 2.65 bits per heavy atom. The molecule has 0 aliphatic carbocycles. The van der Waals surface area contributed by atoms with Crippen molar-refractivity contribution in [2.24, 2.45) is 0 Å². The number of para-hydroxylation sites is 1. The van der Waals surface area contributed by atoms with Crippen LogP contribution in [-0.2, 0) is 0 Å². The molecule has 1 N–H and O–H groups in total. The number of benzene rings is 1. The van der Waals surface area contributed by atoms with Gasteiger partial charge >= 0.3 is 11.7 Å². The molecule has 20 heavy (non-hydrogen) atoms. The van der Waals surface area contributed by atoms with E-state index in [1.807, 2.05) is 0 Å². The number of carboxylic acid groups (broad SMARTS) is 1. The number of anilines is 2. The van der Waals surface area contributed by atoms with Gasteiger partial charge < -0.3 is 10.0 Å². The van der Waals surface area contributed by atoms with Gasteiger partial charge in [-0.2, -0.15) is 0 Å². The Morgan fingerprint density at radius 2 is 2.10 bits per heavy atom. The zero-order chi connectivity index (χ0) is 14.7. The van der Waals surface area contributed by atoms with Gasteiger partial charge in [0.1, 0.15) is 11.3 Å². The van der Waals surface area contributed by atoms with Gasteiger partial charge in [-0.1, -0.05) is 6.07 Å². The Bertz CT molecular complexity index is 658. The van der Waals surface area contributed by atoms with Crippen molar-refractivity contribution in [2.45, 2.75) is 0 Å². The van der Waals surface area contributed by atoms with E-state index in [-0.39, 0.29) is 11.3 Å². The second-order valence-electron chi connectivity index (χ2n) is 4.01. The third-order valence-corrected chi connectivity index (χ3v) is 2.82. The van der Waals surface area contributed by atoms with Gasteiger partial charge in [-0.15, -0.1) is 0 Å². The highest BCUT2D eigenvalue weighted by molar-refractivity contribution is 5.96. The van der Waals surface area contributed by atoms with Crippen molar-refractivity contribution >= 4 is 23.0 Å². The summed E-state index contributed by atoms with van der Waals surface area (Å²) in [7, 11) is 1.62. The summed E-state index contributed by atoms with van der Waals surface area (Å²) >= 11 is 0. The van der Waals surface area contributed by atoms with E-state index in [1.54, 1.807) is 25.4 Å². The highest BCUT2D eigenvalue weighted by atomic mass is 16.6. The zero-order valence-corrected chi connectivity index (χ0v) is 10.6. The van der Waals surface area contributed by atoms with E-state index in [9.17, 15) is 14.9 Å². The summed E-state index contributed by atoms with van der Waals surface area (Å²) in [6, 6.07) is 7.60. The maximum absolute atomic E-state index is 11.2. The molecule has 1 aromatic heterocycles. The summed E-state index contributed by atoms with van der Waals surface area (Å²) in [4.78, 5) is 27.1. The SMILES string of the molecule is CN(c1cccnc1)c1cccc(C(=O)O)c1[N+](=O)[O-]. The minimum absolute atomic E-state index is 0.197. The van der Waals surface area contributed by atoms with Crippen LogP contribution in [0.4, 0.5) is 17.1 Å². The second-order valence-corrected chi connectivity index (χ2v) is 4.01. The van der Waals surface area contributed by atoms with Crippen LogP contribution >= 0.6 is 0 Å². The average molecular weight is 273 g/mol. The highest BCUT2D eigenvalue weighted by Crippen LogP contribution is 2.34. The molecule has 2 aromatic rings. The Labute approximate surface area is 114 Å². The fourth-order valence-electron chi connectivity index (χ4n) is 1.86. The van der Waals surface area contributed by atoms with Gasteiger partial charge in [0, 0.05) is 13.2 Å². The van der Waals surface area contributed by atoms with Crippen LogP contribution < -0.4 is 4.90 Å². The van der Waals surface area contributed by atoms with Gasteiger partial charge in [-0.25, -0.2) is 4.79 Å². The molecule has 0 aliphatic heterocycles. The van der Waals surface area contributed by atoms with Crippen LogP contribution in [0.2, 0.25) is 0 Å². The van der Waals surface area contributed by atoms with Crippen molar-refractivity contribution < 1.29 is 14.8 Å². The Kier molecular flexibility index (Phi) is 3.60. The molecule has 0 aliphatic rings. The molecule has 7 heteroatoms. The number of nitrogens with zero attached hydrogens (tertiary/aromatic N) is 3. The summed E-state index contributed by atoms with van der Waals surface area (Å²) < 4.78 is 0. The van der Waals surface area contributed by atoms with Crippen LogP contribution in [0.3, 0.4) is 0 Å². The molecule has 7 nitrogen and oxygen atoms in total. The molecule has 1 heterocycles. The quantitative estimate of drug-likeness (QED) is 0.678. The van der Waals surface area contributed by atoms with E-state index in [0.29, 0.717) is 5.69 Å². The highest BCUT2D eigenvalue weighted by Gasteiger charge is 2.26. The number of hydrogen-bond acceptors (Lipinski definition) is 5. The molecular formula is C13H11N3O4. The smallest absolute Gasteiger partial charge is 0.342 e. The molecule has 0 saturated carbocycles. The number of nitro benzene ring substituents is 1. The van der Waals surface area contributed by atoms with Gasteiger partial charge in [0.15, 0.2) is 0 Å². The molecular weight excluding hydrogens is 262 g/mol. The lowest BCUT2D eigenvalue weighted by Gasteiger charge is -2.19. The van der Waals surface area contributed by atoms with Crippen molar-refractivity contribution in [1.29, 1.82) is 0 Å². The third-order valence-electron chi connectivity index (χ3n) is 2.82. The second kappa shape index (κ2) is 5.35. The minimum atomic E-state index is -1.34. The number of carbonyl (C=O) groups is 1. The van der Waals surface area contributed by atoms with E-state index >= 15 is 0 Å². The molecule has 0 spiro atoms. The number of pyridine rings is 1. The van der Waals surface area contributed by atoms with E-state index in [4.69, 9.17) is 5.11 Å². The summed E-state index contributed by atoms with van der Waals surface area (Å²) in [5.74, 6) is -1.34. The predicted molar refractivity (Wildman–Crippen MR) is 72.4 cm³/mol. The standard InChI is InChI=1S/C13H11N3O4/c1-15(9-4-3-7-14-8-9)11-6-2-5-10(13(17)18)12(11)16(19)20/h2-8H,1H3,(H,17,18). The zero-order valence-electron chi connectivity index (χ0n) is 10.6. The van der Waals surface area contributed by atoms with Crippen molar-refractivity contribution in [2.75, 3.05) is 11.9 Å². The molecule has 1 aromatic carbocycles. The van der Waals surface area contributed by atoms with Crippen LogP contribution in [0.5, 0.6) is 0 Å². The molecule has 0 radical (unpaired) electrons. The predicted octanol–water partition coefficient (Wildman–Crippen LogP) is 2.46. The van der Waals surface area contributed by atoms with Crippen LogP contribution in [0.1, 0.15) is 10.4 Å². The average Bonchev–Trinajstić information content (AvgIpc) is 2.46. The van der Waals surface area contributed by atoms with Crippen LogP contribution in [0.25, 0.3) is 0 Å². The van der Waals surface area contributed by atoms with E-state index in [2.05, 4.69) is 4.98 Å². The minimum Gasteiger partial charge on any atom is -0.477 e. The Balaban J connectivity index is 2.60. The number of nitro groups is 1. The van der Waals surface area contributed by atoms with Crippen LogP contribution in [-0.4, -0.2) is 28.0 Å². The molecule has 0 bridgehead atoms. The topological polar surface area (TPSA) is 96.6 Å². The lowest BCUT2D eigenvalue weighted by Crippen LogP contribution is -2.14. The van der Waals surface area contributed by atoms with E-state index in [1.165, 1.54) is 29.3 Å². The molecule has 0 amide bonds. The first-order chi connectivity index (χ1) is 9.52. The van der Waals surface area contributed by atoms with Gasteiger partial charge in [-0.05, 0) is 24.3 Å². The first-order valence-corrected chi connectivity index (χ1v) is 5.67. The largest absolute Gasteiger partial charge is 0.477 e. The van der Waals surface area contributed by atoms with E-state index in [0.717, 1.165) is 0 Å². The van der Waals surface area contributed by atoms with Gasteiger partial charge in [-0.3, -0.25) is 15.1 Å². The number of aromatic carboxylic acids is 1. The number of aromatic nitrogens is 1. The summed E-state index contributed by atoms with van der Waals surface area (Å²) in [6.45, 7) is 0. The summed E-state index contributed by atoms with van der Waals surface area (Å²) in [5, 5.41) is 20.2. The van der Waals surface area contributed by atoms with Crippen molar-refractivity contribution in [3.8, 4) is 0 Å². The summed E-state index contributed by atoms with van der Waals surface area (Å²) in [6.07, 6.45) is 3.12. The number of rotatable bonds is 4. The van der Waals surface area contributed by atoms with Crippen LogP contribution in [0.15, 0.2) is 42.7 Å². The number of hydrogen-bond donors (Lipinski definition) is 1. The van der Waals surface area contributed by atoms with Crippen molar-refractivity contribution in [3.05, 3.63) is 58.4 Å². The van der Waals surface area contributed by atoms with Crippen LogP contribution in [0, 0.1) is 10.1 Å². The first kappa shape index (κ1) is 13.5. The first-order valence-electron chi connectivity index (χ1n) is 5.67. The van der Waals surface area contributed by atoms with Gasteiger partial charge in [0.05, 0.1) is 16.8 Å². The molecule has 102 valence electrons. The molecule has 2 rings (SSSR count).